The SMILES string of the molecule is CC1CC(C(=O)O)CN(C(=O)Nc2nnc(-c3c(F)cccc3Cl)s2)C1. The van der Waals surface area contributed by atoms with Crippen LogP contribution < -0.4 is 5.32 Å². The van der Waals surface area contributed by atoms with Crippen molar-refractivity contribution in [3.05, 3.63) is 29.0 Å². The van der Waals surface area contributed by atoms with Crippen LogP contribution in [-0.2, 0) is 4.79 Å². The lowest BCUT2D eigenvalue weighted by Gasteiger charge is -2.34. The van der Waals surface area contributed by atoms with Gasteiger partial charge in [-0.2, -0.15) is 0 Å². The minimum Gasteiger partial charge on any atom is -0.481 e. The largest absolute Gasteiger partial charge is 0.481 e. The van der Waals surface area contributed by atoms with Crippen molar-refractivity contribution in [2.24, 2.45) is 11.8 Å². The number of halogens is 2. The first-order valence-corrected chi connectivity index (χ1v) is 9.11. The molecule has 7 nitrogen and oxygen atoms in total. The van der Waals surface area contributed by atoms with Crippen molar-refractivity contribution >= 4 is 40.1 Å². The Bertz CT molecular complexity index is 826. The number of benzene rings is 1. The number of rotatable bonds is 3. The van der Waals surface area contributed by atoms with E-state index in [0.717, 1.165) is 11.3 Å². The second-order valence-corrected chi connectivity index (χ2v) is 7.60. The van der Waals surface area contributed by atoms with Gasteiger partial charge in [0, 0.05) is 13.1 Å². The molecule has 0 radical (unpaired) electrons. The molecule has 0 aliphatic carbocycles. The van der Waals surface area contributed by atoms with Crippen molar-refractivity contribution in [2.45, 2.75) is 13.3 Å². The summed E-state index contributed by atoms with van der Waals surface area (Å²) in [5.74, 6) is -1.95. The molecule has 1 aromatic heterocycles. The van der Waals surface area contributed by atoms with E-state index in [1.807, 2.05) is 6.92 Å². The molecule has 2 unspecified atom stereocenters. The van der Waals surface area contributed by atoms with E-state index in [2.05, 4.69) is 15.5 Å². The number of urea groups is 1. The molecule has 1 aromatic carbocycles. The van der Waals surface area contributed by atoms with Crippen LogP contribution >= 0.6 is 22.9 Å². The first kappa shape index (κ1) is 18.5. The highest BCUT2D eigenvalue weighted by Gasteiger charge is 2.32. The molecule has 0 bridgehead atoms. The third-order valence-electron chi connectivity index (χ3n) is 4.11. The van der Waals surface area contributed by atoms with E-state index in [1.165, 1.54) is 17.0 Å². The highest BCUT2D eigenvalue weighted by Crippen LogP contribution is 2.34. The second kappa shape index (κ2) is 7.55. The van der Waals surface area contributed by atoms with E-state index in [1.54, 1.807) is 6.07 Å². The summed E-state index contributed by atoms with van der Waals surface area (Å²) in [6.45, 7) is 2.50. The van der Waals surface area contributed by atoms with Crippen molar-refractivity contribution < 1.29 is 19.1 Å². The first-order chi connectivity index (χ1) is 12.3. The fraction of sp³-hybridized carbons (Fsp3) is 0.375. The van der Waals surface area contributed by atoms with E-state index in [4.69, 9.17) is 11.6 Å². The molecule has 2 heterocycles. The fourth-order valence-electron chi connectivity index (χ4n) is 2.94. The number of carbonyl (C=O) groups excluding carboxylic acids is 1. The van der Waals surface area contributed by atoms with Crippen molar-refractivity contribution in [3.8, 4) is 10.6 Å². The van der Waals surface area contributed by atoms with Crippen LogP contribution in [0.5, 0.6) is 0 Å². The molecule has 10 heteroatoms. The number of piperidine rings is 1. The molecular formula is C16H16ClFN4O3S. The number of hydrogen-bond acceptors (Lipinski definition) is 5. The Balaban J connectivity index is 1.73. The number of anilines is 1. The molecule has 1 aliphatic rings. The highest BCUT2D eigenvalue weighted by molar-refractivity contribution is 7.18. The van der Waals surface area contributed by atoms with Crippen LogP contribution in [0.25, 0.3) is 10.6 Å². The number of carboxylic acid groups (broad SMARTS) is 1. The molecular weight excluding hydrogens is 383 g/mol. The number of carboxylic acids is 1. The monoisotopic (exact) mass is 398 g/mol. The summed E-state index contributed by atoms with van der Waals surface area (Å²) in [5, 5.41) is 20.2. The Kier molecular flexibility index (Phi) is 5.38. The van der Waals surface area contributed by atoms with Gasteiger partial charge in [0.2, 0.25) is 5.13 Å². The Labute approximate surface area is 157 Å². The standard InChI is InChI=1S/C16H16ClFN4O3S/c1-8-5-9(14(23)24)7-22(6-8)16(25)19-15-21-20-13(26-15)12-10(17)3-2-4-11(12)18/h2-4,8-9H,5-7H2,1H3,(H,23,24)(H,19,21,25). The zero-order valence-electron chi connectivity index (χ0n) is 13.8. The number of likely N-dealkylation sites (tertiary alicyclic amines) is 1. The molecule has 138 valence electrons. The topological polar surface area (TPSA) is 95.4 Å². The summed E-state index contributed by atoms with van der Waals surface area (Å²) in [4.78, 5) is 25.1. The summed E-state index contributed by atoms with van der Waals surface area (Å²) in [5.41, 5.74) is 0.129. The molecule has 2 N–H and O–H groups in total. The van der Waals surface area contributed by atoms with E-state index in [0.29, 0.717) is 13.0 Å². The van der Waals surface area contributed by atoms with E-state index in [9.17, 15) is 19.1 Å². The highest BCUT2D eigenvalue weighted by atomic mass is 35.5. The predicted molar refractivity (Wildman–Crippen MR) is 95.8 cm³/mol. The van der Waals surface area contributed by atoms with Crippen LogP contribution in [0, 0.1) is 17.7 Å². The van der Waals surface area contributed by atoms with Gasteiger partial charge in [0.25, 0.3) is 0 Å². The van der Waals surface area contributed by atoms with E-state index < -0.39 is 23.7 Å². The quantitative estimate of drug-likeness (QED) is 0.824. The minimum absolute atomic E-state index is 0.0813. The number of amides is 2. The number of hydrogen-bond donors (Lipinski definition) is 2. The Morgan fingerprint density at radius 2 is 2.15 bits per heavy atom. The van der Waals surface area contributed by atoms with Crippen LogP contribution in [0.4, 0.5) is 14.3 Å². The van der Waals surface area contributed by atoms with Gasteiger partial charge in [0.1, 0.15) is 5.82 Å². The molecule has 26 heavy (non-hydrogen) atoms. The lowest BCUT2D eigenvalue weighted by Crippen LogP contribution is -2.47. The Hall–Kier alpha value is -2.26. The minimum atomic E-state index is -0.915. The number of nitrogens with one attached hydrogen (secondary N) is 1. The van der Waals surface area contributed by atoms with Crippen molar-refractivity contribution in [1.82, 2.24) is 15.1 Å². The molecule has 1 fully saturated rings. The molecule has 0 spiro atoms. The van der Waals surface area contributed by atoms with Gasteiger partial charge in [-0.1, -0.05) is 35.9 Å². The average molecular weight is 399 g/mol. The molecule has 2 aromatic rings. The smallest absolute Gasteiger partial charge is 0.323 e. The predicted octanol–water partition coefficient (Wildman–Crippen LogP) is 3.57. The van der Waals surface area contributed by atoms with Crippen LogP contribution in [0.15, 0.2) is 18.2 Å². The third-order valence-corrected chi connectivity index (χ3v) is 5.28. The van der Waals surface area contributed by atoms with Crippen LogP contribution in [0.3, 0.4) is 0 Å². The van der Waals surface area contributed by atoms with Crippen molar-refractivity contribution in [3.63, 3.8) is 0 Å². The van der Waals surface area contributed by atoms with Gasteiger partial charge in [-0.15, -0.1) is 10.2 Å². The van der Waals surface area contributed by atoms with Gasteiger partial charge in [0.15, 0.2) is 5.01 Å². The lowest BCUT2D eigenvalue weighted by molar-refractivity contribution is -0.143. The lowest BCUT2D eigenvalue weighted by atomic mass is 9.91. The zero-order chi connectivity index (χ0) is 18.8. The van der Waals surface area contributed by atoms with Gasteiger partial charge in [-0.3, -0.25) is 10.1 Å². The number of nitrogens with zero attached hydrogens (tertiary/aromatic N) is 3. The summed E-state index contributed by atoms with van der Waals surface area (Å²) in [6, 6.07) is 3.84. The molecule has 2 amide bonds. The normalized spacial score (nSPS) is 20.0. The van der Waals surface area contributed by atoms with Crippen LogP contribution in [-0.4, -0.2) is 45.3 Å². The molecule has 3 rings (SSSR count). The average Bonchev–Trinajstić information content (AvgIpc) is 3.02. The number of carbonyl (C=O) groups is 2. The van der Waals surface area contributed by atoms with Crippen LogP contribution in [0.1, 0.15) is 13.3 Å². The van der Waals surface area contributed by atoms with Crippen LogP contribution in [0.2, 0.25) is 5.02 Å². The molecule has 1 aliphatic heterocycles. The fourth-order valence-corrected chi connectivity index (χ4v) is 4.05. The van der Waals surface area contributed by atoms with Gasteiger partial charge in [-0.25, -0.2) is 9.18 Å². The van der Waals surface area contributed by atoms with Gasteiger partial charge >= 0.3 is 12.0 Å². The second-order valence-electron chi connectivity index (χ2n) is 6.22. The molecule has 1 saturated heterocycles. The summed E-state index contributed by atoms with van der Waals surface area (Å²) in [6.07, 6.45) is 0.536. The maximum atomic E-state index is 14.0. The third kappa shape index (κ3) is 3.94. The maximum Gasteiger partial charge on any atom is 0.323 e. The molecule has 2 atom stereocenters. The van der Waals surface area contributed by atoms with Gasteiger partial charge < -0.3 is 10.0 Å². The molecule has 0 saturated carbocycles. The number of aromatic nitrogens is 2. The van der Waals surface area contributed by atoms with Crippen molar-refractivity contribution in [1.29, 1.82) is 0 Å². The van der Waals surface area contributed by atoms with Gasteiger partial charge in [-0.05, 0) is 24.5 Å². The summed E-state index contributed by atoms with van der Waals surface area (Å²) < 4.78 is 14.0. The first-order valence-electron chi connectivity index (χ1n) is 7.91. The maximum absolute atomic E-state index is 14.0. The van der Waals surface area contributed by atoms with E-state index >= 15 is 0 Å². The summed E-state index contributed by atoms with van der Waals surface area (Å²) >= 11 is 7.00. The zero-order valence-corrected chi connectivity index (χ0v) is 15.4. The van der Waals surface area contributed by atoms with E-state index in [-0.39, 0.29) is 33.2 Å². The summed E-state index contributed by atoms with van der Waals surface area (Å²) in [7, 11) is 0. The number of aliphatic carboxylic acids is 1. The Morgan fingerprint density at radius 3 is 2.85 bits per heavy atom. The van der Waals surface area contributed by atoms with Gasteiger partial charge in [0.05, 0.1) is 16.5 Å². The van der Waals surface area contributed by atoms with Crippen molar-refractivity contribution in [2.75, 3.05) is 18.4 Å². The Morgan fingerprint density at radius 1 is 1.38 bits per heavy atom.